The van der Waals surface area contributed by atoms with E-state index in [1.807, 2.05) is 25.1 Å². The number of anilines is 1. The minimum atomic E-state index is 0.0638. The van der Waals surface area contributed by atoms with E-state index in [0.29, 0.717) is 23.8 Å². The van der Waals surface area contributed by atoms with E-state index in [1.54, 1.807) is 25.6 Å². The summed E-state index contributed by atoms with van der Waals surface area (Å²) >= 11 is 1.58. The number of ether oxygens (including phenoxy) is 2. The van der Waals surface area contributed by atoms with Crippen LogP contribution < -0.4 is 15.2 Å². The Balaban J connectivity index is 1.99. The monoisotopic (exact) mass is 332 g/mol. The molecule has 0 aliphatic carbocycles. The lowest BCUT2D eigenvalue weighted by molar-refractivity contribution is 0.355. The predicted octanol–water partition coefficient (Wildman–Crippen LogP) is 2.69. The third-order valence-electron chi connectivity index (χ3n) is 3.26. The standard InChI is InChI=1S/C15H16N4O3S/c1-8-17-14(9-4-5-10(20-2)11(6-9)21-3)12(23-8)7-13-18-19-15(16)22-13/h4-6H,7H2,1-3H3,(H2,16,19). The molecule has 0 bridgehead atoms. The molecule has 2 heterocycles. The lowest BCUT2D eigenvalue weighted by Crippen LogP contribution is -1.93. The van der Waals surface area contributed by atoms with E-state index in [2.05, 4.69) is 15.2 Å². The average molecular weight is 332 g/mol. The van der Waals surface area contributed by atoms with Crippen molar-refractivity contribution < 1.29 is 13.9 Å². The topological polar surface area (TPSA) is 96.3 Å². The van der Waals surface area contributed by atoms with Crippen LogP contribution in [0.5, 0.6) is 11.5 Å². The fourth-order valence-electron chi connectivity index (χ4n) is 2.27. The number of aromatic nitrogens is 3. The number of thiazole rings is 1. The van der Waals surface area contributed by atoms with Crippen LogP contribution in [0.3, 0.4) is 0 Å². The van der Waals surface area contributed by atoms with Gasteiger partial charge in [0, 0.05) is 10.4 Å². The SMILES string of the molecule is COc1ccc(-c2nc(C)sc2Cc2nnc(N)o2)cc1OC. The van der Waals surface area contributed by atoms with Crippen molar-refractivity contribution in [3.63, 3.8) is 0 Å². The highest BCUT2D eigenvalue weighted by Crippen LogP contribution is 2.35. The van der Waals surface area contributed by atoms with E-state index in [-0.39, 0.29) is 6.01 Å². The van der Waals surface area contributed by atoms with Gasteiger partial charge in [0.15, 0.2) is 11.5 Å². The molecule has 0 atom stereocenters. The van der Waals surface area contributed by atoms with Crippen molar-refractivity contribution in [1.29, 1.82) is 0 Å². The van der Waals surface area contributed by atoms with Crippen LogP contribution in [0.15, 0.2) is 22.6 Å². The third-order valence-corrected chi connectivity index (χ3v) is 4.23. The summed E-state index contributed by atoms with van der Waals surface area (Å²) in [5, 5.41) is 8.55. The molecule has 2 N–H and O–H groups in total. The summed E-state index contributed by atoms with van der Waals surface area (Å²) in [4.78, 5) is 5.64. The second-order valence-corrected chi connectivity index (χ2v) is 6.07. The van der Waals surface area contributed by atoms with Gasteiger partial charge in [-0.2, -0.15) is 0 Å². The van der Waals surface area contributed by atoms with E-state index >= 15 is 0 Å². The Morgan fingerprint density at radius 2 is 1.96 bits per heavy atom. The van der Waals surface area contributed by atoms with Gasteiger partial charge in [-0.3, -0.25) is 0 Å². The van der Waals surface area contributed by atoms with E-state index in [1.165, 1.54) is 0 Å². The van der Waals surface area contributed by atoms with Gasteiger partial charge in [0.1, 0.15) is 0 Å². The second-order valence-electron chi connectivity index (χ2n) is 4.79. The normalized spacial score (nSPS) is 10.7. The zero-order chi connectivity index (χ0) is 16.4. The van der Waals surface area contributed by atoms with Gasteiger partial charge in [0.25, 0.3) is 0 Å². The Morgan fingerprint density at radius 3 is 2.61 bits per heavy atom. The molecule has 7 nitrogen and oxygen atoms in total. The first kappa shape index (κ1) is 15.3. The quantitative estimate of drug-likeness (QED) is 0.767. The summed E-state index contributed by atoms with van der Waals surface area (Å²) in [6.07, 6.45) is 0.486. The molecular formula is C15H16N4O3S. The van der Waals surface area contributed by atoms with Crippen LogP contribution >= 0.6 is 11.3 Å². The molecule has 3 aromatic rings. The molecule has 3 rings (SSSR count). The molecule has 23 heavy (non-hydrogen) atoms. The molecular weight excluding hydrogens is 316 g/mol. The summed E-state index contributed by atoms with van der Waals surface area (Å²) in [5.74, 6) is 1.80. The number of nitrogens with zero attached hydrogens (tertiary/aromatic N) is 3. The summed E-state index contributed by atoms with van der Waals surface area (Å²) < 4.78 is 15.9. The van der Waals surface area contributed by atoms with Crippen molar-refractivity contribution in [1.82, 2.24) is 15.2 Å². The van der Waals surface area contributed by atoms with Gasteiger partial charge in [0.2, 0.25) is 5.89 Å². The third kappa shape index (κ3) is 3.11. The number of benzene rings is 1. The number of hydrogen-bond acceptors (Lipinski definition) is 8. The van der Waals surface area contributed by atoms with Gasteiger partial charge in [-0.25, -0.2) is 4.98 Å². The molecule has 2 aromatic heterocycles. The molecule has 120 valence electrons. The van der Waals surface area contributed by atoms with Gasteiger partial charge >= 0.3 is 6.01 Å². The van der Waals surface area contributed by atoms with E-state index in [0.717, 1.165) is 21.1 Å². The molecule has 0 unspecified atom stereocenters. The van der Waals surface area contributed by atoms with E-state index < -0.39 is 0 Å². The Kier molecular flexibility index (Phi) is 4.16. The fourth-order valence-corrected chi connectivity index (χ4v) is 3.22. The Hall–Kier alpha value is -2.61. The van der Waals surface area contributed by atoms with Crippen molar-refractivity contribution in [3.05, 3.63) is 34.0 Å². The number of rotatable bonds is 5. The maximum absolute atomic E-state index is 5.47. The van der Waals surface area contributed by atoms with Crippen molar-refractivity contribution in [3.8, 4) is 22.8 Å². The van der Waals surface area contributed by atoms with Crippen LogP contribution in [-0.4, -0.2) is 29.4 Å². The molecule has 1 aromatic carbocycles. The van der Waals surface area contributed by atoms with Crippen LogP contribution in [0.4, 0.5) is 6.01 Å². The maximum Gasteiger partial charge on any atom is 0.312 e. The van der Waals surface area contributed by atoms with Crippen LogP contribution in [-0.2, 0) is 6.42 Å². The average Bonchev–Trinajstić information content (AvgIpc) is 3.12. The first-order valence-electron chi connectivity index (χ1n) is 6.87. The molecule has 0 saturated heterocycles. The predicted molar refractivity (Wildman–Crippen MR) is 86.9 cm³/mol. The highest BCUT2D eigenvalue weighted by Gasteiger charge is 2.16. The summed E-state index contributed by atoms with van der Waals surface area (Å²) in [7, 11) is 3.21. The molecule has 0 radical (unpaired) electrons. The van der Waals surface area contributed by atoms with Gasteiger partial charge < -0.3 is 19.6 Å². The Morgan fingerprint density at radius 1 is 1.17 bits per heavy atom. The largest absolute Gasteiger partial charge is 0.493 e. The highest BCUT2D eigenvalue weighted by molar-refractivity contribution is 7.12. The summed E-state index contributed by atoms with van der Waals surface area (Å²) in [6, 6.07) is 5.77. The molecule has 0 amide bonds. The smallest absolute Gasteiger partial charge is 0.312 e. The van der Waals surface area contributed by atoms with Crippen molar-refractivity contribution >= 4 is 17.4 Å². The van der Waals surface area contributed by atoms with Crippen LogP contribution in [0.2, 0.25) is 0 Å². The lowest BCUT2D eigenvalue weighted by Gasteiger charge is -2.09. The fraction of sp³-hybridized carbons (Fsp3) is 0.267. The molecule has 0 aliphatic heterocycles. The lowest BCUT2D eigenvalue weighted by atomic mass is 10.1. The van der Waals surface area contributed by atoms with Crippen molar-refractivity contribution in [2.24, 2.45) is 0 Å². The zero-order valence-corrected chi connectivity index (χ0v) is 13.8. The minimum Gasteiger partial charge on any atom is -0.493 e. The minimum absolute atomic E-state index is 0.0638. The van der Waals surface area contributed by atoms with Crippen LogP contribution in [0.1, 0.15) is 15.8 Å². The zero-order valence-electron chi connectivity index (χ0n) is 13.0. The Labute approximate surface area is 137 Å². The Bertz CT molecular complexity index is 828. The molecule has 0 fully saturated rings. The molecule has 0 spiro atoms. The van der Waals surface area contributed by atoms with Gasteiger partial charge in [0.05, 0.1) is 31.3 Å². The number of hydrogen-bond donors (Lipinski definition) is 1. The highest BCUT2D eigenvalue weighted by atomic mass is 32.1. The first-order chi connectivity index (χ1) is 11.1. The van der Waals surface area contributed by atoms with Crippen LogP contribution in [0.25, 0.3) is 11.3 Å². The second kappa shape index (κ2) is 6.25. The van der Waals surface area contributed by atoms with E-state index in [4.69, 9.17) is 19.6 Å². The van der Waals surface area contributed by atoms with Crippen molar-refractivity contribution in [2.45, 2.75) is 13.3 Å². The van der Waals surface area contributed by atoms with E-state index in [9.17, 15) is 0 Å². The number of aryl methyl sites for hydroxylation is 1. The first-order valence-corrected chi connectivity index (χ1v) is 7.69. The molecule has 8 heteroatoms. The summed E-state index contributed by atoms with van der Waals surface area (Å²) in [6.45, 7) is 1.96. The maximum atomic E-state index is 5.47. The number of methoxy groups -OCH3 is 2. The van der Waals surface area contributed by atoms with Gasteiger partial charge in [-0.15, -0.1) is 16.4 Å². The van der Waals surface area contributed by atoms with Gasteiger partial charge in [-0.05, 0) is 25.1 Å². The molecule has 0 saturated carbocycles. The van der Waals surface area contributed by atoms with Gasteiger partial charge in [-0.1, -0.05) is 5.10 Å². The number of nitrogen functional groups attached to an aromatic ring is 1. The number of nitrogens with two attached hydrogens (primary N) is 1. The van der Waals surface area contributed by atoms with Crippen LogP contribution in [0, 0.1) is 6.92 Å². The summed E-state index contributed by atoms with van der Waals surface area (Å²) in [5.41, 5.74) is 7.28. The van der Waals surface area contributed by atoms with Crippen molar-refractivity contribution in [2.75, 3.05) is 20.0 Å². The molecule has 0 aliphatic rings.